The van der Waals surface area contributed by atoms with E-state index in [9.17, 15) is 14.4 Å². The molecule has 2 amide bonds. The summed E-state index contributed by atoms with van der Waals surface area (Å²) in [6.45, 7) is 11.6. The Morgan fingerprint density at radius 1 is 1.22 bits per heavy atom. The standard InChI is InChI=1S/C18H29NO4/c1-6-11-19(17(21)13-18(22)23-7-2)16(20)12-15(5)10-8-9-14(3)4/h6,9,15H,1,7-8,10-13H2,2-5H3. The van der Waals surface area contributed by atoms with Gasteiger partial charge in [-0.15, -0.1) is 6.58 Å². The number of hydrogen-bond acceptors (Lipinski definition) is 4. The highest BCUT2D eigenvalue weighted by molar-refractivity contribution is 6.02. The maximum absolute atomic E-state index is 12.3. The molecule has 0 heterocycles. The Labute approximate surface area is 139 Å². The molecule has 0 aromatic rings. The van der Waals surface area contributed by atoms with Gasteiger partial charge < -0.3 is 4.74 Å². The van der Waals surface area contributed by atoms with Crippen molar-refractivity contribution in [2.45, 2.75) is 53.4 Å². The Kier molecular flexibility index (Phi) is 10.7. The highest BCUT2D eigenvalue weighted by Gasteiger charge is 2.24. The summed E-state index contributed by atoms with van der Waals surface area (Å²) in [5, 5.41) is 0. The largest absolute Gasteiger partial charge is 0.466 e. The number of rotatable bonds is 10. The van der Waals surface area contributed by atoms with Crippen LogP contribution in [0.25, 0.3) is 0 Å². The molecule has 0 radical (unpaired) electrons. The third-order valence-electron chi connectivity index (χ3n) is 3.25. The van der Waals surface area contributed by atoms with E-state index in [1.165, 1.54) is 11.6 Å². The zero-order chi connectivity index (χ0) is 17.8. The van der Waals surface area contributed by atoms with Gasteiger partial charge in [0.1, 0.15) is 6.42 Å². The Morgan fingerprint density at radius 2 is 1.87 bits per heavy atom. The topological polar surface area (TPSA) is 63.7 Å². The van der Waals surface area contributed by atoms with E-state index in [1.54, 1.807) is 6.92 Å². The second-order valence-electron chi connectivity index (χ2n) is 5.84. The highest BCUT2D eigenvalue weighted by Crippen LogP contribution is 2.14. The second kappa shape index (κ2) is 11.6. The molecule has 1 unspecified atom stereocenters. The number of esters is 1. The maximum Gasteiger partial charge on any atom is 0.315 e. The summed E-state index contributed by atoms with van der Waals surface area (Å²) in [6.07, 6.45) is 5.27. The summed E-state index contributed by atoms with van der Waals surface area (Å²) in [5.74, 6) is -1.26. The quantitative estimate of drug-likeness (QED) is 0.352. The molecule has 0 aliphatic rings. The normalized spacial score (nSPS) is 11.3. The van der Waals surface area contributed by atoms with Gasteiger partial charge in [-0.3, -0.25) is 19.3 Å². The van der Waals surface area contributed by atoms with Gasteiger partial charge in [0.2, 0.25) is 11.8 Å². The van der Waals surface area contributed by atoms with E-state index in [4.69, 9.17) is 4.74 Å². The van der Waals surface area contributed by atoms with E-state index in [0.29, 0.717) is 0 Å². The van der Waals surface area contributed by atoms with Crippen LogP contribution in [0.4, 0.5) is 0 Å². The summed E-state index contributed by atoms with van der Waals surface area (Å²) in [7, 11) is 0. The van der Waals surface area contributed by atoms with Crippen LogP contribution in [-0.2, 0) is 19.1 Å². The van der Waals surface area contributed by atoms with E-state index in [0.717, 1.165) is 17.7 Å². The van der Waals surface area contributed by atoms with Gasteiger partial charge in [0.05, 0.1) is 6.61 Å². The average Bonchev–Trinajstić information content (AvgIpc) is 2.43. The van der Waals surface area contributed by atoms with Crippen LogP contribution in [0.15, 0.2) is 24.3 Å². The fraction of sp³-hybridized carbons (Fsp3) is 0.611. The van der Waals surface area contributed by atoms with E-state index < -0.39 is 18.3 Å². The van der Waals surface area contributed by atoms with Crippen LogP contribution < -0.4 is 0 Å². The first-order valence-electron chi connectivity index (χ1n) is 8.04. The minimum Gasteiger partial charge on any atom is -0.466 e. The number of nitrogens with zero attached hydrogens (tertiary/aromatic N) is 1. The molecule has 0 saturated carbocycles. The summed E-state index contributed by atoms with van der Waals surface area (Å²) in [4.78, 5) is 36.9. The maximum atomic E-state index is 12.3. The van der Waals surface area contributed by atoms with Crippen molar-refractivity contribution in [3.8, 4) is 0 Å². The Bertz CT molecular complexity index is 450. The number of carbonyl (C=O) groups excluding carboxylic acids is 3. The fourth-order valence-corrected chi connectivity index (χ4v) is 2.07. The Morgan fingerprint density at radius 3 is 2.39 bits per heavy atom. The Balaban J connectivity index is 4.59. The molecule has 0 aromatic carbocycles. The molecule has 0 spiro atoms. The van der Waals surface area contributed by atoms with Gasteiger partial charge in [-0.2, -0.15) is 0 Å². The smallest absolute Gasteiger partial charge is 0.315 e. The van der Waals surface area contributed by atoms with Gasteiger partial charge in [-0.05, 0) is 39.5 Å². The van der Waals surface area contributed by atoms with Crippen molar-refractivity contribution in [2.75, 3.05) is 13.2 Å². The molecule has 5 nitrogen and oxygen atoms in total. The first-order chi connectivity index (χ1) is 10.8. The van der Waals surface area contributed by atoms with Crippen LogP contribution in [0.2, 0.25) is 0 Å². The first-order valence-corrected chi connectivity index (χ1v) is 8.04. The predicted molar refractivity (Wildman–Crippen MR) is 90.6 cm³/mol. The number of hydrogen-bond donors (Lipinski definition) is 0. The number of ether oxygens (including phenoxy) is 1. The van der Waals surface area contributed by atoms with Crippen molar-refractivity contribution in [1.82, 2.24) is 4.90 Å². The molecule has 0 aliphatic carbocycles. The zero-order valence-corrected chi connectivity index (χ0v) is 14.8. The minimum atomic E-state index is -0.615. The van der Waals surface area contributed by atoms with Crippen LogP contribution >= 0.6 is 0 Å². The van der Waals surface area contributed by atoms with Crippen molar-refractivity contribution in [3.05, 3.63) is 24.3 Å². The molecule has 0 aromatic heterocycles. The number of carbonyl (C=O) groups is 3. The molecule has 130 valence electrons. The monoisotopic (exact) mass is 323 g/mol. The van der Waals surface area contributed by atoms with Crippen molar-refractivity contribution in [2.24, 2.45) is 5.92 Å². The molecule has 0 fully saturated rings. The van der Waals surface area contributed by atoms with Crippen molar-refractivity contribution >= 4 is 17.8 Å². The van der Waals surface area contributed by atoms with Gasteiger partial charge in [0.25, 0.3) is 0 Å². The van der Waals surface area contributed by atoms with Crippen LogP contribution in [0.5, 0.6) is 0 Å². The molecule has 0 saturated heterocycles. The highest BCUT2D eigenvalue weighted by atomic mass is 16.5. The SMILES string of the molecule is C=CCN(C(=O)CC(=O)OCC)C(=O)CC(C)CCC=C(C)C. The van der Waals surface area contributed by atoms with Gasteiger partial charge in [-0.25, -0.2) is 0 Å². The molecule has 23 heavy (non-hydrogen) atoms. The van der Waals surface area contributed by atoms with Crippen LogP contribution in [0.1, 0.15) is 53.4 Å². The number of imide groups is 1. The summed E-state index contributed by atoms with van der Waals surface area (Å²) in [6, 6.07) is 0. The molecule has 1 atom stereocenters. The Hall–Kier alpha value is -1.91. The molecule has 0 aliphatic heterocycles. The second-order valence-corrected chi connectivity index (χ2v) is 5.84. The third kappa shape index (κ3) is 9.66. The van der Waals surface area contributed by atoms with E-state index in [-0.39, 0.29) is 31.4 Å². The number of amides is 2. The van der Waals surface area contributed by atoms with E-state index in [1.807, 2.05) is 20.8 Å². The summed E-state index contributed by atoms with van der Waals surface area (Å²) >= 11 is 0. The zero-order valence-electron chi connectivity index (χ0n) is 14.8. The van der Waals surface area contributed by atoms with Crippen LogP contribution in [-0.4, -0.2) is 35.8 Å². The lowest BCUT2D eigenvalue weighted by Gasteiger charge is -2.21. The minimum absolute atomic E-state index is 0.109. The molecule has 0 rings (SSSR count). The van der Waals surface area contributed by atoms with Crippen LogP contribution in [0, 0.1) is 5.92 Å². The van der Waals surface area contributed by atoms with Gasteiger partial charge in [0.15, 0.2) is 0 Å². The fourth-order valence-electron chi connectivity index (χ4n) is 2.07. The molecule has 0 N–H and O–H groups in total. The molecule has 5 heteroatoms. The molecular weight excluding hydrogens is 294 g/mol. The third-order valence-corrected chi connectivity index (χ3v) is 3.25. The van der Waals surface area contributed by atoms with E-state index in [2.05, 4.69) is 12.7 Å². The van der Waals surface area contributed by atoms with Crippen LogP contribution in [0.3, 0.4) is 0 Å². The van der Waals surface area contributed by atoms with E-state index >= 15 is 0 Å². The lowest BCUT2D eigenvalue weighted by molar-refractivity contribution is -0.151. The molecule has 0 bridgehead atoms. The predicted octanol–water partition coefficient (Wildman–Crippen LogP) is 3.25. The van der Waals surface area contributed by atoms with Crippen molar-refractivity contribution < 1.29 is 19.1 Å². The number of allylic oxidation sites excluding steroid dienone is 2. The molecular formula is C18H29NO4. The first kappa shape index (κ1) is 21.1. The van der Waals surface area contributed by atoms with Crippen molar-refractivity contribution in [3.63, 3.8) is 0 Å². The average molecular weight is 323 g/mol. The summed E-state index contributed by atoms with van der Waals surface area (Å²) < 4.78 is 4.75. The van der Waals surface area contributed by atoms with Crippen molar-refractivity contribution in [1.29, 1.82) is 0 Å². The lowest BCUT2D eigenvalue weighted by Crippen LogP contribution is -2.39. The van der Waals surface area contributed by atoms with Gasteiger partial charge >= 0.3 is 5.97 Å². The summed E-state index contributed by atoms with van der Waals surface area (Å²) in [5.41, 5.74) is 1.25. The van der Waals surface area contributed by atoms with Gasteiger partial charge in [0, 0.05) is 13.0 Å². The lowest BCUT2D eigenvalue weighted by atomic mass is 10.00. The van der Waals surface area contributed by atoms with Gasteiger partial charge in [-0.1, -0.05) is 24.6 Å².